The van der Waals surface area contributed by atoms with E-state index >= 15 is 0 Å². The van der Waals surface area contributed by atoms with E-state index in [1.807, 2.05) is 30.3 Å². The summed E-state index contributed by atoms with van der Waals surface area (Å²) >= 11 is 4.06. The summed E-state index contributed by atoms with van der Waals surface area (Å²) in [4.78, 5) is 0. The minimum Gasteiger partial charge on any atom is -0.309 e. The Hall–Kier alpha value is -0.510. The van der Waals surface area contributed by atoms with Crippen LogP contribution >= 0.6 is 12.6 Å². The van der Waals surface area contributed by atoms with E-state index in [0.717, 1.165) is 5.56 Å². The first-order valence-electron chi connectivity index (χ1n) is 3.41. The maximum atomic E-state index is 5.74. The Morgan fingerprint density at radius 3 is 2.18 bits per heavy atom. The first kappa shape index (κ1) is 8.59. The van der Waals surface area contributed by atoms with Crippen LogP contribution in [-0.4, -0.2) is 5.75 Å². The van der Waals surface area contributed by atoms with Crippen molar-refractivity contribution in [1.82, 2.24) is 0 Å². The highest BCUT2D eigenvalue weighted by Crippen LogP contribution is 2.12. The lowest BCUT2D eigenvalue weighted by Crippen LogP contribution is -2.47. The van der Waals surface area contributed by atoms with Crippen molar-refractivity contribution in [2.24, 2.45) is 11.5 Å². The highest BCUT2D eigenvalue weighted by molar-refractivity contribution is 7.80. The molecule has 0 amide bonds. The van der Waals surface area contributed by atoms with E-state index in [-0.39, 0.29) is 0 Å². The molecule has 0 aliphatic heterocycles. The smallest absolute Gasteiger partial charge is 0.0989 e. The minimum atomic E-state index is -0.801. The summed E-state index contributed by atoms with van der Waals surface area (Å²) < 4.78 is 0. The van der Waals surface area contributed by atoms with Crippen LogP contribution in [0.4, 0.5) is 0 Å². The number of hydrogen-bond donors (Lipinski definition) is 3. The van der Waals surface area contributed by atoms with E-state index < -0.39 is 5.66 Å². The molecule has 11 heavy (non-hydrogen) atoms. The lowest BCUT2D eigenvalue weighted by molar-refractivity contribution is 0.533. The molecule has 0 atom stereocenters. The second kappa shape index (κ2) is 3.26. The monoisotopic (exact) mass is 168 g/mol. The molecule has 0 heterocycles. The van der Waals surface area contributed by atoms with E-state index in [0.29, 0.717) is 5.75 Å². The molecule has 0 bridgehead atoms. The summed E-state index contributed by atoms with van der Waals surface area (Å²) in [6.07, 6.45) is 0. The fourth-order valence-electron chi connectivity index (χ4n) is 0.840. The summed E-state index contributed by atoms with van der Waals surface area (Å²) in [5.74, 6) is 0.441. The maximum Gasteiger partial charge on any atom is 0.0989 e. The maximum absolute atomic E-state index is 5.74. The van der Waals surface area contributed by atoms with Crippen molar-refractivity contribution in [1.29, 1.82) is 0 Å². The first-order valence-corrected chi connectivity index (χ1v) is 4.04. The van der Waals surface area contributed by atoms with Crippen LogP contribution in [0.1, 0.15) is 5.56 Å². The normalized spacial score (nSPS) is 11.5. The fourth-order valence-corrected chi connectivity index (χ4v) is 1.02. The third kappa shape index (κ3) is 1.96. The molecule has 0 saturated carbocycles. The van der Waals surface area contributed by atoms with Crippen LogP contribution in [0.2, 0.25) is 0 Å². The minimum absolute atomic E-state index is 0.441. The predicted molar refractivity (Wildman–Crippen MR) is 50.3 cm³/mol. The molecular formula is C8H12N2S. The van der Waals surface area contributed by atoms with Crippen LogP contribution in [-0.2, 0) is 5.66 Å². The molecule has 1 rings (SSSR count). The SMILES string of the molecule is NC(N)(CS)c1ccccc1. The molecule has 60 valence electrons. The molecule has 0 unspecified atom stereocenters. The lowest BCUT2D eigenvalue weighted by atomic mass is 10.0. The zero-order valence-electron chi connectivity index (χ0n) is 6.20. The average Bonchev–Trinajstić information content (AvgIpc) is 2.06. The number of rotatable bonds is 2. The van der Waals surface area contributed by atoms with Crippen molar-refractivity contribution in [3.05, 3.63) is 35.9 Å². The standard InChI is InChI=1S/C8H12N2S/c9-8(10,6-11)7-4-2-1-3-5-7/h1-5,11H,6,9-10H2. The summed E-state index contributed by atoms with van der Waals surface area (Å²) in [5.41, 5.74) is 11.6. The Balaban J connectivity index is 2.93. The van der Waals surface area contributed by atoms with E-state index in [1.165, 1.54) is 0 Å². The van der Waals surface area contributed by atoms with E-state index in [4.69, 9.17) is 11.5 Å². The van der Waals surface area contributed by atoms with Crippen molar-refractivity contribution in [2.75, 3.05) is 5.75 Å². The Labute approximate surface area is 72.0 Å². The molecule has 4 N–H and O–H groups in total. The van der Waals surface area contributed by atoms with E-state index in [1.54, 1.807) is 0 Å². The molecule has 2 nitrogen and oxygen atoms in total. The van der Waals surface area contributed by atoms with Gasteiger partial charge in [0.05, 0.1) is 5.66 Å². The van der Waals surface area contributed by atoms with Crippen LogP contribution in [0.15, 0.2) is 30.3 Å². The van der Waals surface area contributed by atoms with Gasteiger partial charge in [-0.05, 0) is 5.56 Å². The quantitative estimate of drug-likeness (QED) is 0.449. The van der Waals surface area contributed by atoms with Gasteiger partial charge in [0.15, 0.2) is 0 Å². The molecule has 0 saturated heterocycles. The average molecular weight is 168 g/mol. The van der Waals surface area contributed by atoms with Crippen LogP contribution in [0.3, 0.4) is 0 Å². The van der Waals surface area contributed by atoms with Crippen LogP contribution in [0.25, 0.3) is 0 Å². The molecule has 0 aliphatic carbocycles. The zero-order chi connectivity index (χ0) is 8.32. The number of thiol groups is 1. The number of nitrogens with two attached hydrogens (primary N) is 2. The molecule has 0 aromatic heterocycles. The predicted octanol–water partition coefficient (Wildman–Crippen LogP) is 0.687. The van der Waals surface area contributed by atoms with Gasteiger partial charge in [0.2, 0.25) is 0 Å². The molecule has 0 fully saturated rings. The first-order chi connectivity index (χ1) is 5.17. The number of hydrogen-bond acceptors (Lipinski definition) is 3. The van der Waals surface area contributed by atoms with Gasteiger partial charge in [-0.1, -0.05) is 30.3 Å². The Kier molecular flexibility index (Phi) is 2.54. The van der Waals surface area contributed by atoms with E-state index in [2.05, 4.69) is 12.6 Å². The second-order valence-corrected chi connectivity index (χ2v) is 2.88. The highest BCUT2D eigenvalue weighted by Gasteiger charge is 2.18. The highest BCUT2D eigenvalue weighted by atomic mass is 32.1. The zero-order valence-corrected chi connectivity index (χ0v) is 7.09. The van der Waals surface area contributed by atoms with Gasteiger partial charge in [0, 0.05) is 5.75 Å². The van der Waals surface area contributed by atoms with Crippen molar-refractivity contribution in [2.45, 2.75) is 5.66 Å². The van der Waals surface area contributed by atoms with Gasteiger partial charge >= 0.3 is 0 Å². The number of benzene rings is 1. The molecule has 1 aromatic carbocycles. The van der Waals surface area contributed by atoms with Gasteiger partial charge in [-0.3, -0.25) is 0 Å². The van der Waals surface area contributed by atoms with Crippen LogP contribution < -0.4 is 11.5 Å². The van der Waals surface area contributed by atoms with Gasteiger partial charge in [-0.25, -0.2) is 0 Å². The lowest BCUT2D eigenvalue weighted by Gasteiger charge is -2.22. The summed E-state index contributed by atoms with van der Waals surface area (Å²) in [6.45, 7) is 0. The fraction of sp³-hybridized carbons (Fsp3) is 0.250. The topological polar surface area (TPSA) is 52.0 Å². The van der Waals surface area contributed by atoms with Crippen molar-refractivity contribution < 1.29 is 0 Å². The largest absolute Gasteiger partial charge is 0.309 e. The third-order valence-corrected chi connectivity index (χ3v) is 2.10. The van der Waals surface area contributed by atoms with Crippen LogP contribution in [0, 0.1) is 0 Å². The molecule has 0 aliphatic rings. The third-order valence-electron chi connectivity index (χ3n) is 1.57. The van der Waals surface area contributed by atoms with Crippen LogP contribution in [0.5, 0.6) is 0 Å². The summed E-state index contributed by atoms with van der Waals surface area (Å²) in [7, 11) is 0. The summed E-state index contributed by atoms with van der Waals surface area (Å²) in [6, 6.07) is 9.55. The van der Waals surface area contributed by atoms with Gasteiger partial charge < -0.3 is 11.5 Å². The van der Waals surface area contributed by atoms with E-state index in [9.17, 15) is 0 Å². The van der Waals surface area contributed by atoms with Gasteiger partial charge in [-0.2, -0.15) is 12.6 Å². The Bertz CT molecular complexity index is 221. The Morgan fingerprint density at radius 2 is 1.73 bits per heavy atom. The van der Waals surface area contributed by atoms with Crippen molar-refractivity contribution >= 4 is 12.6 Å². The Morgan fingerprint density at radius 1 is 1.18 bits per heavy atom. The molecule has 1 aromatic rings. The molecule has 0 radical (unpaired) electrons. The molecule has 0 spiro atoms. The molecular weight excluding hydrogens is 156 g/mol. The second-order valence-electron chi connectivity index (χ2n) is 2.56. The van der Waals surface area contributed by atoms with Gasteiger partial charge in [0.25, 0.3) is 0 Å². The van der Waals surface area contributed by atoms with Gasteiger partial charge in [-0.15, -0.1) is 0 Å². The summed E-state index contributed by atoms with van der Waals surface area (Å²) in [5, 5.41) is 0. The van der Waals surface area contributed by atoms with Crippen molar-refractivity contribution in [3.8, 4) is 0 Å². The van der Waals surface area contributed by atoms with Crippen molar-refractivity contribution in [3.63, 3.8) is 0 Å². The van der Waals surface area contributed by atoms with Gasteiger partial charge in [0.1, 0.15) is 0 Å². The molecule has 3 heteroatoms.